The summed E-state index contributed by atoms with van der Waals surface area (Å²) in [5.41, 5.74) is 1.24. The summed E-state index contributed by atoms with van der Waals surface area (Å²) in [5, 5.41) is 3.56. The molecule has 18 heavy (non-hydrogen) atoms. The first-order chi connectivity index (χ1) is 8.85. The van der Waals surface area contributed by atoms with Crippen molar-refractivity contribution in [3.63, 3.8) is 0 Å². The van der Waals surface area contributed by atoms with Crippen LogP contribution in [0.15, 0.2) is 18.2 Å². The van der Waals surface area contributed by atoms with Gasteiger partial charge in [-0.3, -0.25) is 0 Å². The molecule has 0 radical (unpaired) electrons. The van der Waals surface area contributed by atoms with E-state index in [1.54, 1.807) is 7.11 Å². The maximum Gasteiger partial charge on any atom is 0.164 e. The number of rotatable bonds is 6. The van der Waals surface area contributed by atoms with E-state index in [9.17, 15) is 0 Å². The monoisotopic (exact) mass is 267 g/mol. The van der Waals surface area contributed by atoms with Crippen LogP contribution in [0.1, 0.15) is 12.0 Å². The Morgan fingerprint density at radius 2 is 2.39 bits per heavy atom. The van der Waals surface area contributed by atoms with Crippen molar-refractivity contribution in [3.05, 3.63) is 23.8 Å². The van der Waals surface area contributed by atoms with Crippen LogP contribution in [0.4, 0.5) is 0 Å². The minimum absolute atomic E-state index is 0.423. The molecule has 1 N–H and O–H groups in total. The molecular weight excluding hydrogens is 246 g/mol. The number of hydrogen-bond donors (Lipinski definition) is 1. The van der Waals surface area contributed by atoms with Crippen molar-refractivity contribution in [3.8, 4) is 11.5 Å². The topological polar surface area (TPSA) is 30.5 Å². The van der Waals surface area contributed by atoms with Crippen LogP contribution in [0.25, 0.3) is 0 Å². The molecule has 3 nitrogen and oxygen atoms in total. The van der Waals surface area contributed by atoms with E-state index in [2.05, 4.69) is 17.6 Å². The number of ether oxygens (including phenoxy) is 2. The summed E-state index contributed by atoms with van der Waals surface area (Å²) in [6.45, 7) is 1.79. The zero-order chi connectivity index (χ0) is 12.8. The molecule has 1 aromatic rings. The molecule has 100 valence electrons. The Hall–Kier alpha value is -0.870. The molecule has 0 aliphatic carbocycles. The predicted octanol–water partition coefficient (Wildman–Crippen LogP) is 2.34. The number of nitrogens with one attached hydrogen (secondary N) is 1. The van der Waals surface area contributed by atoms with Crippen molar-refractivity contribution in [2.45, 2.75) is 18.9 Å². The summed E-state index contributed by atoms with van der Waals surface area (Å²) < 4.78 is 11.1. The van der Waals surface area contributed by atoms with Gasteiger partial charge in [0.05, 0.1) is 7.11 Å². The van der Waals surface area contributed by atoms with Gasteiger partial charge in [0.25, 0.3) is 0 Å². The van der Waals surface area contributed by atoms with Gasteiger partial charge in [0.1, 0.15) is 6.61 Å². The Bertz CT molecular complexity index is 384. The highest BCUT2D eigenvalue weighted by molar-refractivity contribution is 7.98. The zero-order valence-electron chi connectivity index (χ0n) is 11.1. The van der Waals surface area contributed by atoms with E-state index in [0.29, 0.717) is 6.04 Å². The molecule has 4 heteroatoms. The zero-order valence-corrected chi connectivity index (χ0v) is 11.9. The quantitative estimate of drug-likeness (QED) is 0.802. The number of para-hydroxylation sites is 1. The number of benzene rings is 1. The van der Waals surface area contributed by atoms with E-state index in [-0.39, 0.29) is 0 Å². The molecule has 1 atom stereocenters. The van der Waals surface area contributed by atoms with Crippen LogP contribution in [0.3, 0.4) is 0 Å². The lowest BCUT2D eigenvalue weighted by atomic mass is 10.0. The maximum absolute atomic E-state index is 5.82. The lowest BCUT2D eigenvalue weighted by molar-refractivity contribution is 0.228. The molecular formula is C14H21NO2S. The first kappa shape index (κ1) is 13.6. The Morgan fingerprint density at radius 1 is 1.50 bits per heavy atom. The molecule has 0 unspecified atom stereocenters. The fourth-order valence-corrected chi connectivity index (χ4v) is 2.64. The van der Waals surface area contributed by atoms with Crippen molar-refractivity contribution in [2.75, 3.05) is 32.3 Å². The second kappa shape index (κ2) is 6.90. The average molecular weight is 267 g/mol. The minimum Gasteiger partial charge on any atom is -0.493 e. The van der Waals surface area contributed by atoms with Crippen molar-refractivity contribution >= 4 is 11.8 Å². The van der Waals surface area contributed by atoms with Crippen LogP contribution in [0.2, 0.25) is 0 Å². The van der Waals surface area contributed by atoms with Gasteiger partial charge in [0, 0.05) is 6.04 Å². The van der Waals surface area contributed by atoms with Crippen LogP contribution in [0, 0.1) is 0 Å². The lowest BCUT2D eigenvalue weighted by Crippen LogP contribution is -2.39. The van der Waals surface area contributed by atoms with Crippen molar-refractivity contribution < 1.29 is 9.47 Å². The van der Waals surface area contributed by atoms with E-state index < -0.39 is 0 Å². The van der Waals surface area contributed by atoms with Crippen LogP contribution in [0.5, 0.6) is 11.5 Å². The van der Waals surface area contributed by atoms with Crippen LogP contribution < -0.4 is 14.8 Å². The summed E-state index contributed by atoms with van der Waals surface area (Å²) >= 11 is 1.89. The Morgan fingerprint density at radius 3 is 3.17 bits per heavy atom. The Kier molecular flexibility index (Phi) is 5.20. The van der Waals surface area contributed by atoms with E-state index in [0.717, 1.165) is 31.1 Å². The van der Waals surface area contributed by atoms with Crippen molar-refractivity contribution in [1.29, 1.82) is 0 Å². The minimum atomic E-state index is 0.423. The van der Waals surface area contributed by atoms with Gasteiger partial charge in [0.2, 0.25) is 0 Å². The van der Waals surface area contributed by atoms with Crippen LogP contribution in [-0.2, 0) is 6.42 Å². The third-order valence-corrected chi connectivity index (χ3v) is 3.83. The first-order valence-electron chi connectivity index (χ1n) is 6.36. The Balaban J connectivity index is 1.90. The van der Waals surface area contributed by atoms with Gasteiger partial charge in [-0.15, -0.1) is 0 Å². The molecule has 0 bridgehead atoms. The van der Waals surface area contributed by atoms with Gasteiger partial charge in [-0.25, -0.2) is 0 Å². The van der Waals surface area contributed by atoms with Gasteiger partial charge in [0.15, 0.2) is 11.5 Å². The molecule has 1 aliphatic heterocycles. The Labute approximate surface area is 113 Å². The molecule has 2 rings (SSSR count). The number of hydrogen-bond acceptors (Lipinski definition) is 4. The second-order valence-electron chi connectivity index (χ2n) is 4.46. The molecule has 0 saturated heterocycles. The third kappa shape index (κ3) is 3.33. The van der Waals surface area contributed by atoms with Crippen molar-refractivity contribution in [1.82, 2.24) is 5.32 Å². The molecule has 0 spiro atoms. The second-order valence-corrected chi connectivity index (χ2v) is 5.45. The van der Waals surface area contributed by atoms with Gasteiger partial charge < -0.3 is 14.8 Å². The molecule has 0 aromatic heterocycles. The highest BCUT2D eigenvalue weighted by Crippen LogP contribution is 2.34. The summed E-state index contributed by atoms with van der Waals surface area (Å²) in [6, 6.07) is 6.52. The van der Waals surface area contributed by atoms with Crippen LogP contribution in [-0.4, -0.2) is 38.3 Å². The molecule has 1 aromatic carbocycles. The lowest BCUT2D eigenvalue weighted by Gasteiger charge is -2.27. The number of thioether (sulfide) groups is 1. The fourth-order valence-electron chi connectivity index (χ4n) is 2.21. The van der Waals surface area contributed by atoms with Gasteiger partial charge in [-0.1, -0.05) is 12.1 Å². The average Bonchev–Trinajstić information content (AvgIpc) is 2.42. The summed E-state index contributed by atoms with van der Waals surface area (Å²) in [6.07, 6.45) is 4.38. The standard InChI is InChI=1S/C14H21NO2S/c1-16-13-6-3-5-11-9-12(10-17-14(11)13)15-7-4-8-18-2/h3,5-6,12,15H,4,7-10H2,1-2H3/t12-/m0/s1. The fraction of sp³-hybridized carbons (Fsp3) is 0.571. The summed E-state index contributed by atoms with van der Waals surface area (Å²) in [4.78, 5) is 0. The normalized spacial score (nSPS) is 18.0. The smallest absolute Gasteiger partial charge is 0.164 e. The SMILES string of the molecule is COc1cccc2c1OC[C@@H](NCCCSC)C2. The molecule has 0 saturated carbocycles. The first-order valence-corrected chi connectivity index (χ1v) is 7.75. The van der Waals surface area contributed by atoms with Crippen LogP contribution >= 0.6 is 11.8 Å². The largest absolute Gasteiger partial charge is 0.493 e. The van der Waals surface area contributed by atoms with E-state index >= 15 is 0 Å². The molecule has 1 aliphatic rings. The third-order valence-electron chi connectivity index (χ3n) is 3.13. The van der Waals surface area contributed by atoms with Gasteiger partial charge in [-0.05, 0) is 43.0 Å². The molecule has 0 amide bonds. The summed E-state index contributed by atoms with van der Waals surface area (Å²) in [5.74, 6) is 2.97. The van der Waals surface area contributed by atoms with Crippen molar-refractivity contribution in [2.24, 2.45) is 0 Å². The summed E-state index contributed by atoms with van der Waals surface area (Å²) in [7, 11) is 1.69. The molecule has 1 heterocycles. The number of fused-ring (bicyclic) bond motifs is 1. The maximum atomic E-state index is 5.82. The highest BCUT2D eigenvalue weighted by Gasteiger charge is 2.21. The van der Waals surface area contributed by atoms with E-state index in [4.69, 9.17) is 9.47 Å². The molecule has 0 fully saturated rings. The number of methoxy groups -OCH3 is 1. The van der Waals surface area contributed by atoms with Gasteiger partial charge in [-0.2, -0.15) is 11.8 Å². The van der Waals surface area contributed by atoms with E-state index in [1.807, 2.05) is 23.9 Å². The van der Waals surface area contributed by atoms with Gasteiger partial charge >= 0.3 is 0 Å². The van der Waals surface area contributed by atoms with E-state index in [1.165, 1.54) is 17.7 Å². The predicted molar refractivity (Wildman–Crippen MR) is 77.0 cm³/mol. The highest BCUT2D eigenvalue weighted by atomic mass is 32.2.